The lowest BCUT2D eigenvalue weighted by Crippen LogP contribution is -2.50. The molecule has 11 nitrogen and oxygen atoms in total. The zero-order chi connectivity index (χ0) is 29.1. The lowest BCUT2D eigenvalue weighted by molar-refractivity contribution is -0.132. The number of rotatable bonds is 8. The molecule has 0 spiro atoms. The second-order valence-electron chi connectivity index (χ2n) is 10.2. The van der Waals surface area contributed by atoms with Gasteiger partial charge in [-0.05, 0) is 48.5 Å². The molecule has 0 aliphatic carbocycles. The average Bonchev–Trinajstić information content (AvgIpc) is 3.63. The van der Waals surface area contributed by atoms with Gasteiger partial charge in [-0.25, -0.2) is 28.4 Å². The Morgan fingerprint density at radius 1 is 0.952 bits per heavy atom. The summed E-state index contributed by atoms with van der Waals surface area (Å²) in [6, 6.07) is 13.4. The third-order valence-corrected chi connectivity index (χ3v) is 7.27. The number of hydrogen-bond acceptors (Lipinski definition) is 8. The van der Waals surface area contributed by atoms with Crippen LogP contribution in [0.3, 0.4) is 0 Å². The smallest absolute Gasteiger partial charge is 0.244 e. The first kappa shape index (κ1) is 27.2. The summed E-state index contributed by atoms with van der Waals surface area (Å²) in [6.45, 7) is 2.99. The minimum atomic E-state index is -0.387. The maximum absolute atomic E-state index is 13.6. The summed E-state index contributed by atoms with van der Waals surface area (Å²) in [4.78, 5) is 41.7. The number of ether oxygens (including phenoxy) is 1. The number of piperazine rings is 1. The van der Waals surface area contributed by atoms with Crippen LogP contribution in [0.5, 0.6) is 5.88 Å². The standard InChI is InChI=1S/C29H28F2N8O3/c30-22-5-1-20(2-6-22)28-35-29(21-3-7-23(31)8-4-21)39(36-28)16-27(41)38-11-9-37(10-12-38)24-14-26(34-18-33-24)42-17-19-13-25(40)32-15-19/h1-8,14,18-19H,9-13,15-17H2,(H,32,40). The molecule has 13 heteroatoms. The van der Waals surface area contributed by atoms with Crippen molar-refractivity contribution >= 4 is 17.6 Å². The number of nitrogens with one attached hydrogen (secondary N) is 1. The van der Waals surface area contributed by atoms with Crippen LogP contribution in [0.4, 0.5) is 14.6 Å². The van der Waals surface area contributed by atoms with Crippen LogP contribution in [-0.4, -0.2) is 80.8 Å². The molecule has 2 aliphatic heterocycles. The molecule has 2 fully saturated rings. The summed E-state index contributed by atoms with van der Waals surface area (Å²) >= 11 is 0. The van der Waals surface area contributed by atoms with Gasteiger partial charge in [-0.3, -0.25) is 9.59 Å². The fourth-order valence-corrected chi connectivity index (χ4v) is 4.97. The second kappa shape index (κ2) is 11.9. The summed E-state index contributed by atoms with van der Waals surface area (Å²) in [5.74, 6) is 1.13. The fourth-order valence-electron chi connectivity index (χ4n) is 4.97. The van der Waals surface area contributed by atoms with Gasteiger partial charge >= 0.3 is 0 Å². The third-order valence-electron chi connectivity index (χ3n) is 7.27. The molecular formula is C29H28F2N8O3. The van der Waals surface area contributed by atoms with Crippen LogP contribution in [0.2, 0.25) is 0 Å². The van der Waals surface area contributed by atoms with E-state index in [0.29, 0.717) is 80.2 Å². The first-order chi connectivity index (χ1) is 20.4. The van der Waals surface area contributed by atoms with Gasteiger partial charge in [-0.2, -0.15) is 0 Å². The van der Waals surface area contributed by atoms with E-state index in [2.05, 4.69) is 30.3 Å². The van der Waals surface area contributed by atoms with Gasteiger partial charge in [0.15, 0.2) is 11.6 Å². The fraction of sp³-hybridized carbons (Fsp3) is 0.310. The minimum absolute atomic E-state index is 0.0308. The molecule has 2 aliphatic rings. The Morgan fingerprint density at radius 3 is 2.31 bits per heavy atom. The molecule has 4 aromatic rings. The summed E-state index contributed by atoms with van der Waals surface area (Å²) in [7, 11) is 0. The maximum atomic E-state index is 13.6. The number of nitrogens with zero attached hydrogens (tertiary/aromatic N) is 7. The molecule has 4 heterocycles. The number of anilines is 1. The highest BCUT2D eigenvalue weighted by molar-refractivity contribution is 5.78. The van der Waals surface area contributed by atoms with E-state index in [0.717, 1.165) is 0 Å². The number of carbonyl (C=O) groups excluding carboxylic acids is 2. The highest BCUT2D eigenvalue weighted by atomic mass is 19.1. The van der Waals surface area contributed by atoms with Crippen LogP contribution < -0.4 is 15.0 Å². The van der Waals surface area contributed by atoms with Crippen molar-refractivity contribution in [3.8, 4) is 28.7 Å². The lowest BCUT2D eigenvalue weighted by atomic mass is 10.1. The summed E-state index contributed by atoms with van der Waals surface area (Å²) in [5.41, 5.74) is 1.20. The molecular weight excluding hydrogens is 546 g/mol. The molecule has 2 aromatic heterocycles. The highest BCUT2D eigenvalue weighted by Crippen LogP contribution is 2.24. The Kier molecular flexibility index (Phi) is 7.71. The van der Waals surface area contributed by atoms with Gasteiger partial charge in [0.25, 0.3) is 0 Å². The van der Waals surface area contributed by atoms with E-state index in [9.17, 15) is 18.4 Å². The third kappa shape index (κ3) is 6.19. The van der Waals surface area contributed by atoms with Crippen molar-refractivity contribution in [1.82, 2.24) is 34.9 Å². The Morgan fingerprint density at radius 2 is 1.64 bits per heavy atom. The normalized spacial score (nSPS) is 16.9. The van der Waals surface area contributed by atoms with Crippen LogP contribution in [0.1, 0.15) is 6.42 Å². The number of aromatic nitrogens is 5. The SMILES string of the molecule is O=C1CC(COc2cc(N3CCN(C(=O)Cn4nc(-c5ccc(F)cc5)nc4-c4ccc(F)cc4)CC3)ncn2)CN1. The Labute approximate surface area is 240 Å². The zero-order valence-electron chi connectivity index (χ0n) is 22.6. The predicted octanol–water partition coefficient (Wildman–Crippen LogP) is 2.54. The van der Waals surface area contributed by atoms with E-state index in [1.54, 1.807) is 35.2 Å². The van der Waals surface area contributed by atoms with Crippen molar-refractivity contribution in [3.63, 3.8) is 0 Å². The quantitative estimate of drug-likeness (QED) is 0.341. The highest BCUT2D eigenvalue weighted by Gasteiger charge is 2.25. The first-order valence-electron chi connectivity index (χ1n) is 13.6. The summed E-state index contributed by atoms with van der Waals surface area (Å²) < 4.78 is 34.4. The van der Waals surface area contributed by atoms with E-state index in [1.165, 1.54) is 35.3 Å². The molecule has 0 saturated carbocycles. The van der Waals surface area contributed by atoms with Crippen molar-refractivity contribution in [2.24, 2.45) is 5.92 Å². The average molecular weight is 575 g/mol. The van der Waals surface area contributed by atoms with E-state index in [1.807, 2.05) is 0 Å². The molecule has 42 heavy (non-hydrogen) atoms. The van der Waals surface area contributed by atoms with Gasteiger partial charge in [0, 0.05) is 62.3 Å². The van der Waals surface area contributed by atoms with Gasteiger partial charge in [0.05, 0.1) is 6.61 Å². The summed E-state index contributed by atoms with van der Waals surface area (Å²) in [6.07, 6.45) is 1.89. The summed E-state index contributed by atoms with van der Waals surface area (Å²) in [5, 5.41) is 7.34. The lowest BCUT2D eigenvalue weighted by Gasteiger charge is -2.35. The van der Waals surface area contributed by atoms with Crippen LogP contribution in [0, 0.1) is 17.6 Å². The topological polar surface area (TPSA) is 118 Å². The van der Waals surface area contributed by atoms with E-state index >= 15 is 0 Å². The van der Waals surface area contributed by atoms with Crippen molar-refractivity contribution < 1.29 is 23.1 Å². The molecule has 2 aromatic carbocycles. The van der Waals surface area contributed by atoms with Gasteiger partial charge in [0.1, 0.15) is 30.3 Å². The monoisotopic (exact) mass is 574 g/mol. The number of halogens is 2. The van der Waals surface area contributed by atoms with Gasteiger partial charge in [-0.1, -0.05) is 0 Å². The van der Waals surface area contributed by atoms with Crippen LogP contribution in [0.25, 0.3) is 22.8 Å². The molecule has 6 rings (SSSR count). The van der Waals surface area contributed by atoms with Crippen molar-refractivity contribution in [2.45, 2.75) is 13.0 Å². The van der Waals surface area contributed by atoms with Crippen molar-refractivity contribution in [1.29, 1.82) is 0 Å². The maximum Gasteiger partial charge on any atom is 0.244 e. The molecule has 0 bridgehead atoms. The Bertz CT molecular complexity index is 1570. The second-order valence-corrected chi connectivity index (χ2v) is 10.2. The van der Waals surface area contributed by atoms with Crippen LogP contribution in [0.15, 0.2) is 60.9 Å². The van der Waals surface area contributed by atoms with Crippen LogP contribution >= 0.6 is 0 Å². The molecule has 216 valence electrons. The first-order valence-corrected chi connectivity index (χ1v) is 13.6. The number of amides is 2. The van der Waals surface area contributed by atoms with Crippen molar-refractivity contribution in [2.75, 3.05) is 44.2 Å². The molecule has 1 unspecified atom stereocenters. The van der Waals surface area contributed by atoms with Gasteiger partial charge < -0.3 is 19.9 Å². The van der Waals surface area contributed by atoms with Crippen LogP contribution in [-0.2, 0) is 16.1 Å². The number of hydrogen-bond donors (Lipinski definition) is 1. The zero-order valence-corrected chi connectivity index (χ0v) is 22.6. The predicted molar refractivity (Wildman–Crippen MR) is 148 cm³/mol. The Hall–Kier alpha value is -4.94. The van der Waals surface area contributed by atoms with Gasteiger partial charge in [-0.15, -0.1) is 5.10 Å². The minimum Gasteiger partial charge on any atom is -0.477 e. The molecule has 2 amide bonds. The molecule has 1 atom stereocenters. The largest absolute Gasteiger partial charge is 0.477 e. The number of carbonyl (C=O) groups is 2. The number of benzene rings is 2. The van der Waals surface area contributed by atoms with Crippen molar-refractivity contribution in [3.05, 3.63) is 72.6 Å². The van der Waals surface area contributed by atoms with E-state index in [4.69, 9.17) is 4.74 Å². The van der Waals surface area contributed by atoms with Gasteiger partial charge in [0.2, 0.25) is 17.7 Å². The van der Waals surface area contributed by atoms with E-state index in [-0.39, 0.29) is 35.9 Å². The molecule has 1 N–H and O–H groups in total. The molecule has 0 radical (unpaired) electrons. The van der Waals surface area contributed by atoms with E-state index < -0.39 is 0 Å². The Balaban J connectivity index is 1.11. The molecule has 2 saturated heterocycles.